The smallest absolute Gasteiger partial charge is 0.0676 e. The second kappa shape index (κ2) is 5.07. The number of nitrogens with two attached hydrogens (primary N) is 1. The van der Waals surface area contributed by atoms with Gasteiger partial charge in [-0.2, -0.15) is 5.10 Å². The summed E-state index contributed by atoms with van der Waals surface area (Å²) in [5.74, 6) is 5.61. The van der Waals surface area contributed by atoms with E-state index in [1.54, 1.807) is 10.9 Å². The van der Waals surface area contributed by atoms with Crippen molar-refractivity contribution >= 4 is 0 Å². The number of rotatable bonds is 4. The average molecular weight is 231 g/mol. The summed E-state index contributed by atoms with van der Waals surface area (Å²) in [6.07, 6.45) is 6.41. The fourth-order valence-corrected chi connectivity index (χ4v) is 1.91. The summed E-state index contributed by atoms with van der Waals surface area (Å²) in [6, 6.07) is 3.98. The zero-order valence-corrected chi connectivity index (χ0v) is 10.1. The average Bonchev–Trinajstić information content (AvgIpc) is 2.73. The summed E-state index contributed by atoms with van der Waals surface area (Å²) in [4.78, 5) is 4.38. The fraction of sp³-hybridized carbons (Fsp3) is 0.333. The van der Waals surface area contributed by atoms with Crippen LogP contribution >= 0.6 is 0 Å². The molecule has 0 aliphatic heterocycles. The third-order valence-corrected chi connectivity index (χ3v) is 2.78. The van der Waals surface area contributed by atoms with Crippen LogP contribution in [0.15, 0.2) is 30.7 Å². The van der Waals surface area contributed by atoms with Crippen LogP contribution in [0.1, 0.15) is 22.9 Å². The highest BCUT2D eigenvalue weighted by atomic mass is 15.2. The summed E-state index contributed by atoms with van der Waals surface area (Å²) < 4.78 is 1.79. The summed E-state index contributed by atoms with van der Waals surface area (Å²) in [6.45, 7) is 2.04. The lowest BCUT2D eigenvalue weighted by Gasteiger charge is -2.16. The monoisotopic (exact) mass is 231 g/mol. The molecule has 0 aromatic carbocycles. The Morgan fingerprint density at radius 2 is 2.35 bits per heavy atom. The van der Waals surface area contributed by atoms with Crippen molar-refractivity contribution in [1.82, 2.24) is 20.2 Å². The molecule has 0 fully saturated rings. The molecule has 3 N–H and O–H groups in total. The van der Waals surface area contributed by atoms with Crippen LogP contribution in [0.25, 0.3) is 0 Å². The van der Waals surface area contributed by atoms with Gasteiger partial charge < -0.3 is 0 Å². The number of nitrogens with zero attached hydrogens (tertiary/aromatic N) is 3. The lowest BCUT2D eigenvalue weighted by atomic mass is 10.0. The van der Waals surface area contributed by atoms with Crippen LogP contribution in [0.4, 0.5) is 0 Å². The summed E-state index contributed by atoms with van der Waals surface area (Å²) in [7, 11) is 1.90. The summed E-state index contributed by atoms with van der Waals surface area (Å²) in [5.41, 5.74) is 6.08. The number of pyridine rings is 1. The van der Waals surface area contributed by atoms with E-state index in [1.165, 1.54) is 0 Å². The van der Waals surface area contributed by atoms with E-state index in [-0.39, 0.29) is 6.04 Å². The van der Waals surface area contributed by atoms with Crippen molar-refractivity contribution in [2.45, 2.75) is 19.4 Å². The molecule has 90 valence electrons. The molecule has 17 heavy (non-hydrogen) atoms. The van der Waals surface area contributed by atoms with Crippen LogP contribution in [0.3, 0.4) is 0 Å². The summed E-state index contributed by atoms with van der Waals surface area (Å²) in [5, 5.41) is 4.15. The van der Waals surface area contributed by atoms with E-state index in [9.17, 15) is 0 Å². The number of hydrazine groups is 1. The van der Waals surface area contributed by atoms with Crippen molar-refractivity contribution in [2.75, 3.05) is 0 Å². The van der Waals surface area contributed by atoms with Crippen molar-refractivity contribution in [3.05, 3.63) is 47.5 Å². The molecule has 0 aliphatic carbocycles. The van der Waals surface area contributed by atoms with Gasteiger partial charge in [0.1, 0.15) is 0 Å². The van der Waals surface area contributed by atoms with E-state index in [0.717, 1.165) is 23.2 Å². The van der Waals surface area contributed by atoms with E-state index in [4.69, 9.17) is 5.84 Å². The molecule has 0 bridgehead atoms. The van der Waals surface area contributed by atoms with Gasteiger partial charge in [-0.1, -0.05) is 6.07 Å². The zero-order valence-electron chi connectivity index (χ0n) is 10.1. The van der Waals surface area contributed by atoms with Gasteiger partial charge in [-0.3, -0.25) is 20.9 Å². The lowest BCUT2D eigenvalue weighted by Crippen LogP contribution is -2.30. The molecule has 0 saturated heterocycles. The highest BCUT2D eigenvalue weighted by Gasteiger charge is 2.14. The minimum absolute atomic E-state index is 0.0143. The molecule has 2 aromatic rings. The third-order valence-electron chi connectivity index (χ3n) is 2.78. The topological polar surface area (TPSA) is 68.8 Å². The first kappa shape index (κ1) is 11.8. The van der Waals surface area contributed by atoms with E-state index < -0.39 is 0 Å². The minimum atomic E-state index is 0.0143. The third kappa shape index (κ3) is 2.69. The van der Waals surface area contributed by atoms with Crippen LogP contribution < -0.4 is 11.3 Å². The normalized spacial score (nSPS) is 12.6. The van der Waals surface area contributed by atoms with E-state index in [1.807, 2.05) is 38.5 Å². The maximum Gasteiger partial charge on any atom is 0.0676 e. The second-order valence-corrected chi connectivity index (χ2v) is 4.15. The maximum atomic E-state index is 5.61. The van der Waals surface area contributed by atoms with Crippen molar-refractivity contribution < 1.29 is 0 Å². The van der Waals surface area contributed by atoms with Gasteiger partial charge in [-0.05, 0) is 30.5 Å². The minimum Gasteiger partial charge on any atom is -0.276 e. The van der Waals surface area contributed by atoms with Gasteiger partial charge in [0.2, 0.25) is 0 Å². The largest absolute Gasteiger partial charge is 0.276 e. The predicted octanol–water partition coefficient (Wildman–Crippen LogP) is 0.871. The van der Waals surface area contributed by atoms with Gasteiger partial charge in [0.05, 0.1) is 17.9 Å². The van der Waals surface area contributed by atoms with E-state index in [0.29, 0.717) is 0 Å². The van der Waals surface area contributed by atoms with Gasteiger partial charge in [0.15, 0.2) is 0 Å². The van der Waals surface area contributed by atoms with Crippen LogP contribution in [0, 0.1) is 6.92 Å². The first-order chi connectivity index (χ1) is 8.20. The highest BCUT2D eigenvalue weighted by molar-refractivity contribution is 5.23. The number of aryl methyl sites for hydroxylation is 2. The number of nitrogens with one attached hydrogen (secondary N) is 1. The quantitative estimate of drug-likeness (QED) is 0.605. The molecule has 0 spiro atoms. The Labute approximate surface area is 101 Å². The lowest BCUT2D eigenvalue weighted by molar-refractivity contribution is 0.535. The fourth-order valence-electron chi connectivity index (χ4n) is 1.91. The standard InChI is InChI=1S/C12H17N5/c1-9-4-3-5-14-12(9)11(16-13)6-10-7-15-17(2)8-10/h3-5,7-8,11,16H,6,13H2,1-2H3. The molecule has 2 rings (SSSR count). The Morgan fingerprint density at radius 3 is 2.94 bits per heavy atom. The van der Waals surface area contributed by atoms with Crippen molar-refractivity contribution in [2.24, 2.45) is 12.9 Å². The molecule has 2 heterocycles. The molecule has 0 radical (unpaired) electrons. The molecular weight excluding hydrogens is 214 g/mol. The van der Waals surface area contributed by atoms with Gasteiger partial charge >= 0.3 is 0 Å². The van der Waals surface area contributed by atoms with E-state index in [2.05, 4.69) is 15.5 Å². The Hall–Kier alpha value is -1.72. The van der Waals surface area contributed by atoms with Crippen LogP contribution in [0.2, 0.25) is 0 Å². The second-order valence-electron chi connectivity index (χ2n) is 4.15. The maximum absolute atomic E-state index is 5.61. The molecule has 2 aromatic heterocycles. The predicted molar refractivity (Wildman–Crippen MR) is 66.0 cm³/mol. The van der Waals surface area contributed by atoms with Crippen LogP contribution in [-0.2, 0) is 13.5 Å². The SMILES string of the molecule is Cc1cccnc1C(Cc1cnn(C)c1)NN. The highest BCUT2D eigenvalue weighted by Crippen LogP contribution is 2.18. The van der Waals surface area contributed by atoms with Gasteiger partial charge in [-0.25, -0.2) is 0 Å². The molecule has 0 amide bonds. The molecule has 1 unspecified atom stereocenters. The van der Waals surface area contributed by atoms with Crippen molar-refractivity contribution in [3.63, 3.8) is 0 Å². The van der Waals surface area contributed by atoms with Gasteiger partial charge in [-0.15, -0.1) is 0 Å². The van der Waals surface area contributed by atoms with Crippen LogP contribution in [0.5, 0.6) is 0 Å². The van der Waals surface area contributed by atoms with Gasteiger partial charge in [0, 0.05) is 19.4 Å². The summed E-state index contributed by atoms with van der Waals surface area (Å²) >= 11 is 0. The Kier molecular flexibility index (Phi) is 3.51. The van der Waals surface area contributed by atoms with Gasteiger partial charge in [0.25, 0.3) is 0 Å². The number of hydrogen-bond acceptors (Lipinski definition) is 4. The molecule has 1 atom stereocenters. The first-order valence-electron chi connectivity index (χ1n) is 5.56. The first-order valence-corrected chi connectivity index (χ1v) is 5.56. The molecular formula is C12H17N5. The Bertz CT molecular complexity index is 491. The number of aromatic nitrogens is 3. The van der Waals surface area contributed by atoms with Crippen molar-refractivity contribution in [1.29, 1.82) is 0 Å². The Morgan fingerprint density at radius 1 is 1.53 bits per heavy atom. The van der Waals surface area contributed by atoms with E-state index >= 15 is 0 Å². The molecule has 5 nitrogen and oxygen atoms in total. The number of hydrogen-bond donors (Lipinski definition) is 2. The molecule has 0 saturated carbocycles. The molecule has 5 heteroatoms. The van der Waals surface area contributed by atoms with Crippen molar-refractivity contribution in [3.8, 4) is 0 Å². The van der Waals surface area contributed by atoms with Crippen LogP contribution in [-0.4, -0.2) is 14.8 Å². The zero-order chi connectivity index (χ0) is 12.3. The Balaban J connectivity index is 2.20. The molecule has 0 aliphatic rings.